The summed E-state index contributed by atoms with van der Waals surface area (Å²) in [4.78, 5) is 4.79. The van der Waals surface area contributed by atoms with Crippen LogP contribution in [0.15, 0.2) is 0 Å². The lowest BCUT2D eigenvalue weighted by molar-refractivity contribution is 0.145. The van der Waals surface area contributed by atoms with E-state index < -0.39 is 0 Å². The van der Waals surface area contributed by atoms with E-state index in [1.165, 1.54) is 25.7 Å². The Morgan fingerprint density at radius 2 is 1.81 bits per heavy atom. The molecule has 96 valence electrons. The minimum absolute atomic E-state index is 0.0938. The largest absolute Gasteiger partial charge is 0.324 e. The summed E-state index contributed by atoms with van der Waals surface area (Å²) in [5.41, 5.74) is 6.54. The number of hydrogen-bond donors (Lipinski definition) is 1. The van der Waals surface area contributed by atoms with Gasteiger partial charge in [0.2, 0.25) is 0 Å². The third-order valence-corrected chi connectivity index (χ3v) is 3.78. The third-order valence-electron chi connectivity index (χ3n) is 3.78. The maximum atomic E-state index is 6.45. The van der Waals surface area contributed by atoms with Crippen LogP contribution < -0.4 is 5.73 Å². The van der Waals surface area contributed by atoms with Gasteiger partial charge in [-0.1, -0.05) is 19.8 Å². The van der Waals surface area contributed by atoms with Gasteiger partial charge in [-0.05, 0) is 40.4 Å². The number of hydrogen-bond acceptors (Lipinski definition) is 3. The second-order valence-corrected chi connectivity index (χ2v) is 5.74. The summed E-state index contributed by atoms with van der Waals surface area (Å²) in [6, 6.07) is 0.598. The summed E-state index contributed by atoms with van der Waals surface area (Å²) in [6.45, 7) is 7.84. The molecule has 1 unspecified atom stereocenters. The zero-order valence-corrected chi connectivity index (χ0v) is 11.5. The molecule has 3 nitrogen and oxygen atoms in total. The van der Waals surface area contributed by atoms with Crippen LogP contribution in [0.3, 0.4) is 0 Å². The van der Waals surface area contributed by atoms with E-state index in [4.69, 9.17) is 5.73 Å². The molecule has 0 aliphatic heterocycles. The van der Waals surface area contributed by atoms with Crippen molar-refractivity contribution < 1.29 is 0 Å². The molecule has 3 heteroatoms. The molecular weight excluding hydrogens is 198 g/mol. The van der Waals surface area contributed by atoms with Gasteiger partial charge < -0.3 is 10.6 Å². The molecule has 1 aliphatic rings. The van der Waals surface area contributed by atoms with Crippen molar-refractivity contribution >= 4 is 0 Å². The fourth-order valence-corrected chi connectivity index (χ4v) is 2.86. The van der Waals surface area contributed by atoms with Gasteiger partial charge in [-0.3, -0.25) is 4.90 Å². The molecule has 0 aromatic heterocycles. The molecule has 16 heavy (non-hydrogen) atoms. The highest BCUT2D eigenvalue weighted by Gasteiger charge is 2.32. The van der Waals surface area contributed by atoms with Crippen LogP contribution in [0.5, 0.6) is 0 Å². The SMILES string of the molecule is CCN(CC1(N)CCCC1)C(C)CN(C)C. The zero-order valence-electron chi connectivity index (χ0n) is 11.5. The summed E-state index contributed by atoms with van der Waals surface area (Å²) in [7, 11) is 4.27. The number of rotatable bonds is 6. The van der Waals surface area contributed by atoms with Crippen molar-refractivity contribution in [3.63, 3.8) is 0 Å². The van der Waals surface area contributed by atoms with Gasteiger partial charge in [-0.2, -0.15) is 0 Å². The normalized spacial score (nSPS) is 21.9. The highest BCUT2D eigenvalue weighted by atomic mass is 15.2. The minimum atomic E-state index is 0.0938. The first-order valence-corrected chi connectivity index (χ1v) is 6.64. The van der Waals surface area contributed by atoms with Gasteiger partial charge in [0, 0.05) is 24.7 Å². The van der Waals surface area contributed by atoms with Gasteiger partial charge in [0.15, 0.2) is 0 Å². The van der Waals surface area contributed by atoms with E-state index in [0.29, 0.717) is 6.04 Å². The molecule has 0 aromatic rings. The molecule has 1 fully saturated rings. The highest BCUT2D eigenvalue weighted by molar-refractivity contribution is 4.92. The van der Waals surface area contributed by atoms with E-state index in [1.54, 1.807) is 0 Å². The van der Waals surface area contributed by atoms with Crippen molar-refractivity contribution in [3.05, 3.63) is 0 Å². The van der Waals surface area contributed by atoms with Gasteiger partial charge in [0.05, 0.1) is 0 Å². The number of nitrogens with two attached hydrogens (primary N) is 1. The first kappa shape index (κ1) is 13.9. The molecular formula is C13H29N3. The van der Waals surface area contributed by atoms with Crippen LogP contribution >= 0.6 is 0 Å². The summed E-state index contributed by atoms with van der Waals surface area (Å²) in [5, 5.41) is 0. The van der Waals surface area contributed by atoms with Crippen molar-refractivity contribution in [1.29, 1.82) is 0 Å². The van der Waals surface area contributed by atoms with Crippen LogP contribution in [0.25, 0.3) is 0 Å². The summed E-state index contributed by atoms with van der Waals surface area (Å²) < 4.78 is 0. The smallest absolute Gasteiger partial charge is 0.0283 e. The van der Waals surface area contributed by atoms with E-state index >= 15 is 0 Å². The van der Waals surface area contributed by atoms with E-state index in [0.717, 1.165) is 19.6 Å². The van der Waals surface area contributed by atoms with E-state index in [9.17, 15) is 0 Å². The molecule has 0 saturated heterocycles. The lowest BCUT2D eigenvalue weighted by Gasteiger charge is -2.36. The second kappa shape index (κ2) is 5.99. The van der Waals surface area contributed by atoms with Crippen LogP contribution in [0.2, 0.25) is 0 Å². The maximum absolute atomic E-state index is 6.45. The molecule has 0 bridgehead atoms. The Bertz CT molecular complexity index is 197. The number of nitrogens with zero attached hydrogens (tertiary/aromatic N) is 2. The fourth-order valence-electron chi connectivity index (χ4n) is 2.86. The summed E-state index contributed by atoms with van der Waals surface area (Å²) >= 11 is 0. The topological polar surface area (TPSA) is 32.5 Å². The Balaban J connectivity index is 2.47. The van der Waals surface area contributed by atoms with E-state index in [2.05, 4.69) is 37.7 Å². The molecule has 1 saturated carbocycles. The highest BCUT2D eigenvalue weighted by Crippen LogP contribution is 2.28. The van der Waals surface area contributed by atoms with Gasteiger partial charge in [0.1, 0.15) is 0 Å². The van der Waals surface area contributed by atoms with Gasteiger partial charge >= 0.3 is 0 Å². The van der Waals surface area contributed by atoms with Crippen molar-refractivity contribution in [2.24, 2.45) is 5.73 Å². The van der Waals surface area contributed by atoms with Crippen molar-refractivity contribution in [3.8, 4) is 0 Å². The molecule has 1 rings (SSSR count). The first-order chi connectivity index (χ1) is 7.47. The monoisotopic (exact) mass is 227 g/mol. The predicted octanol–water partition coefficient (Wildman–Crippen LogP) is 1.53. The molecule has 0 heterocycles. The Morgan fingerprint density at radius 3 is 2.25 bits per heavy atom. The Labute approximate surface area is 101 Å². The zero-order chi connectivity index (χ0) is 12.2. The molecule has 0 radical (unpaired) electrons. The first-order valence-electron chi connectivity index (χ1n) is 6.64. The standard InChI is InChI=1S/C13H29N3/c1-5-16(12(2)10-15(3)4)11-13(14)8-6-7-9-13/h12H,5-11,14H2,1-4H3. The van der Waals surface area contributed by atoms with Crippen LogP contribution in [-0.2, 0) is 0 Å². The molecule has 0 amide bonds. The van der Waals surface area contributed by atoms with Gasteiger partial charge in [-0.25, -0.2) is 0 Å². The Kier molecular flexibility index (Phi) is 5.22. The molecule has 1 atom stereocenters. The fraction of sp³-hybridized carbons (Fsp3) is 1.00. The summed E-state index contributed by atoms with van der Waals surface area (Å²) in [6.07, 6.45) is 5.04. The van der Waals surface area contributed by atoms with Crippen molar-refractivity contribution in [2.45, 2.75) is 51.1 Å². The lowest BCUT2D eigenvalue weighted by Crippen LogP contribution is -2.52. The quantitative estimate of drug-likeness (QED) is 0.747. The van der Waals surface area contributed by atoms with Crippen molar-refractivity contribution in [1.82, 2.24) is 9.80 Å². The third kappa shape index (κ3) is 4.04. The molecule has 0 spiro atoms. The van der Waals surface area contributed by atoms with Crippen LogP contribution in [0.1, 0.15) is 39.5 Å². The molecule has 1 aliphatic carbocycles. The predicted molar refractivity (Wildman–Crippen MR) is 70.6 cm³/mol. The van der Waals surface area contributed by atoms with E-state index in [-0.39, 0.29) is 5.54 Å². The van der Waals surface area contributed by atoms with Crippen LogP contribution in [0, 0.1) is 0 Å². The average Bonchev–Trinajstić information content (AvgIpc) is 2.61. The van der Waals surface area contributed by atoms with Crippen molar-refractivity contribution in [2.75, 3.05) is 33.7 Å². The maximum Gasteiger partial charge on any atom is 0.0283 e. The van der Waals surface area contributed by atoms with Gasteiger partial charge in [0.25, 0.3) is 0 Å². The van der Waals surface area contributed by atoms with Crippen LogP contribution in [-0.4, -0.2) is 55.1 Å². The van der Waals surface area contributed by atoms with Gasteiger partial charge in [-0.15, -0.1) is 0 Å². The Morgan fingerprint density at radius 1 is 1.25 bits per heavy atom. The van der Waals surface area contributed by atoms with Crippen LogP contribution in [0.4, 0.5) is 0 Å². The lowest BCUT2D eigenvalue weighted by atomic mass is 9.97. The molecule has 2 N–H and O–H groups in total. The Hall–Kier alpha value is -0.120. The second-order valence-electron chi connectivity index (χ2n) is 5.74. The van der Waals surface area contributed by atoms with E-state index in [1.807, 2.05) is 0 Å². The minimum Gasteiger partial charge on any atom is -0.324 e. The average molecular weight is 227 g/mol. The number of likely N-dealkylation sites (N-methyl/N-ethyl adjacent to an activating group) is 2. The molecule has 0 aromatic carbocycles. The summed E-state index contributed by atoms with van der Waals surface area (Å²) in [5.74, 6) is 0.